The monoisotopic (exact) mass is 300 g/mol. The minimum atomic E-state index is -0.488. The topological polar surface area (TPSA) is 56.3 Å². The van der Waals surface area contributed by atoms with Gasteiger partial charge in [0, 0.05) is 17.4 Å². The zero-order valence-electron chi connectivity index (χ0n) is 13.5. The Hall–Kier alpha value is -1.81. The zero-order chi connectivity index (χ0) is 15.9. The SMILES string of the molecule is Cc1cc(C)c2cc(C(=O)N3CCCCC3C(C)O)[nH]c2c1. The average Bonchev–Trinajstić information content (AvgIpc) is 2.90. The van der Waals surface area contributed by atoms with Crippen molar-refractivity contribution in [3.05, 3.63) is 35.0 Å². The zero-order valence-corrected chi connectivity index (χ0v) is 13.5. The van der Waals surface area contributed by atoms with E-state index < -0.39 is 6.10 Å². The molecule has 4 heteroatoms. The number of aromatic amines is 1. The predicted octanol–water partition coefficient (Wildman–Crippen LogP) is 3.16. The van der Waals surface area contributed by atoms with E-state index >= 15 is 0 Å². The molecule has 1 fully saturated rings. The molecule has 2 unspecified atom stereocenters. The van der Waals surface area contributed by atoms with Crippen LogP contribution in [0.3, 0.4) is 0 Å². The molecule has 2 heterocycles. The first kappa shape index (κ1) is 15.1. The normalized spacial score (nSPS) is 20.4. The largest absolute Gasteiger partial charge is 0.391 e. The molecule has 2 aromatic rings. The first-order chi connectivity index (χ1) is 10.5. The molecule has 0 spiro atoms. The molecule has 1 aliphatic heterocycles. The molecule has 1 saturated heterocycles. The van der Waals surface area contributed by atoms with E-state index in [1.54, 1.807) is 6.92 Å². The van der Waals surface area contributed by atoms with Gasteiger partial charge in [-0.2, -0.15) is 0 Å². The summed E-state index contributed by atoms with van der Waals surface area (Å²) in [7, 11) is 0. The third kappa shape index (κ3) is 2.63. The van der Waals surface area contributed by atoms with Gasteiger partial charge < -0.3 is 15.0 Å². The number of carbonyl (C=O) groups excluding carboxylic acids is 1. The van der Waals surface area contributed by atoms with Crippen molar-refractivity contribution in [1.82, 2.24) is 9.88 Å². The Morgan fingerprint density at radius 1 is 1.32 bits per heavy atom. The number of aliphatic hydroxyl groups excluding tert-OH is 1. The van der Waals surface area contributed by atoms with Crippen molar-refractivity contribution in [2.45, 2.75) is 52.2 Å². The predicted molar refractivity (Wildman–Crippen MR) is 88.1 cm³/mol. The van der Waals surface area contributed by atoms with E-state index in [2.05, 4.69) is 31.0 Å². The smallest absolute Gasteiger partial charge is 0.270 e. The molecule has 1 aromatic heterocycles. The van der Waals surface area contributed by atoms with Crippen LogP contribution in [-0.2, 0) is 0 Å². The maximum absolute atomic E-state index is 12.9. The number of likely N-dealkylation sites (tertiary alicyclic amines) is 1. The van der Waals surface area contributed by atoms with E-state index in [9.17, 15) is 9.90 Å². The third-order valence-electron chi connectivity index (χ3n) is 4.69. The lowest BCUT2D eigenvalue weighted by molar-refractivity contribution is 0.0277. The van der Waals surface area contributed by atoms with Gasteiger partial charge in [0.15, 0.2) is 0 Å². The van der Waals surface area contributed by atoms with Gasteiger partial charge in [-0.3, -0.25) is 4.79 Å². The van der Waals surface area contributed by atoms with E-state index in [-0.39, 0.29) is 11.9 Å². The van der Waals surface area contributed by atoms with Crippen LogP contribution in [0.2, 0.25) is 0 Å². The second-order valence-corrected chi connectivity index (χ2v) is 6.53. The summed E-state index contributed by atoms with van der Waals surface area (Å²) in [6.45, 7) is 6.62. The summed E-state index contributed by atoms with van der Waals surface area (Å²) >= 11 is 0. The second-order valence-electron chi connectivity index (χ2n) is 6.53. The Morgan fingerprint density at radius 2 is 2.09 bits per heavy atom. The summed E-state index contributed by atoms with van der Waals surface area (Å²) in [5.74, 6) is -0.00106. The Morgan fingerprint density at radius 3 is 2.82 bits per heavy atom. The number of rotatable bonds is 2. The first-order valence-corrected chi connectivity index (χ1v) is 8.06. The quantitative estimate of drug-likeness (QED) is 0.895. The van der Waals surface area contributed by atoms with E-state index in [1.807, 2.05) is 11.0 Å². The van der Waals surface area contributed by atoms with Gasteiger partial charge in [-0.25, -0.2) is 0 Å². The number of fused-ring (bicyclic) bond motifs is 1. The number of hydrogen-bond donors (Lipinski definition) is 2. The summed E-state index contributed by atoms with van der Waals surface area (Å²) in [6, 6.07) is 6.07. The van der Waals surface area contributed by atoms with Crippen molar-refractivity contribution in [3.63, 3.8) is 0 Å². The highest BCUT2D eigenvalue weighted by molar-refractivity contribution is 5.99. The van der Waals surface area contributed by atoms with Crippen LogP contribution in [0, 0.1) is 13.8 Å². The summed E-state index contributed by atoms with van der Waals surface area (Å²) < 4.78 is 0. The van der Waals surface area contributed by atoms with Crippen molar-refractivity contribution in [2.24, 2.45) is 0 Å². The molecule has 1 aromatic carbocycles. The number of hydrogen-bond acceptors (Lipinski definition) is 2. The summed E-state index contributed by atoms with van der Waals surface area (Å²) in [5, 5.41) is 11.1. The molecule has 0 bridgehead atoms. The molecule has 2 atom stereocenters. The van der Waals surface area contributed by atoms with Crippen LogP contribution in [0.5, 0.6) is 0 Å². The highest BCUT2D eigenvalue weighted by atomic mass is 16.3. The molecule has 1 aliphatic rings. The van der Waals surface area contributed by atoms with Crippen LogP contribution in [0.25, 0.3) is 10.9 Å². The average molecular weight is 300 g/mol. The summed E-state index contributed by atoms with van der Waals surface area (Å²) in [5.41, 5.74) is 3.99. The number of nitrogens with one attached hydrogen (secondary N) is 1. The molecule has 2 N–H and O–H groups in total. The number of H-pyrrole nitrogens is 1. The van der Waals surface area contributed by atoms with Gasteiger partial charge in [-0.1, -0.05) is 6.07 Å². The molecule has 3 rings (SSSR count). The molecular formula is C18H24N2O2. The van der Waals surface area contributed by atoms with E-state index in [0.29, 0.717) is 5.69 Å². The maximum Gasteiger partial charge on any atom is 0.270 e. The highest BCUT2D eigenvalue weighted by Crippen LogP contribution is 2.25. The van der Waals surface area contributed by atoms with Gasteiger partial charge in [0.2, 0.25) is 0 Å². The Labute approximate surface area is 131 Å². The van der Waals surface area contributed by atoms with Crippen LogP contribution >= 0.6 is 0 Å². The highest BCUT2D eigenvalue weighted by Gasteiger charge is 2.31. The Bertz CT molecular complexity index is 702. The standard InChI is InChI=1S/C18H24N2O2/c1-11-8-12(2)14-10-16(19-15(14)9-11)18(22)20-7-5-4-6-17(20)13(3)21/h8-10,13,17,19,21H,4-7H2,1-3H3. The molecule has 4 nitrogen and oxygen atoms in total. The fraction of sp³-hybridized carbons (Fsp3) is 0.500. The first-order valence-electron chi connectivity index (χ1n) is 8.06. The number of benzene rings is 1. The number of aromatic nitrogens is 1. The fourth-order valence-corrected chi connectivity index (χ4v) is 3.58. The minimum absolute atomic E-state index is 0.00106. The maximum atomic E-state index is 12.9. The fourth-order valence-electron chi connectivity index (χ4n) is 3.58. The van der Waals surface area contributed by atoms with Crippen molar-refractivity contribution in [3.8, 4) is 0 Å². The third-order valence-corrected chi connectivity index (χ3v) is 4.69. The lowest BCUT2D eigenvalue weighted by Gasteiger charge is -2.37. The van der Waals surface area contributed by atoms with Crippen molar-refractivity contribution in [1.29, 1.82) is 0 Å². The van der Waals surface area contributed by atoms with E-state index in [4.69, 9.17) is 0 Å². The Kier molecular flexibility index (Phi) is 3.96. The second kappa shape index (κ2) is 5.76. The number of aryl methyl sites for hydroxylation is 2. The van der Waals surface area contributed by atoms with Gasteiger partial charge in [-0.05, 0) is 63.3 Å². The molecule has 0 radical (unpaired) electrons. The number of aliphatic hydroxyl groups is 1. The van der Waals surface area contributed by atoms with Gasteiger partial charge in [0.05, 0.1) is 12.1 Å². The van der Waals surface area contributed by atoms with Gasteiger partial charge in [0.25, 0.3) is 5.91 Å². The van der Waals surface area contributed by atoms with Crippen LogP contribution < -0.4 is 0 Å². The van der Waals surface area contributed by atoms with Crippen molar-refractivity contribution in [2.75, 3.05) is 6.54 Å². The van der Waals surface area contributed by atoms with Crippen molar-refractivity contribution >= 4 is 16.8 Å². The van der Waals surface area contributed by atoms with Crippen LogP contribution in [0.4, 0.5) is 0 Å². The van der Waals surface area contributed by atoms with E-state index in [1.165, 1.54) is 11.1 Å². The Balaban J connectivity index is 1.96. The molecule has 0 aliphatic carbocycles. The van der Waals surface area contributed by atoms with E-state index in [0.717, 1.165) is 36.7 Å². The number of carbonyl (C=O) groups is 1. The molecule has 1 amide bonds. The van der Waals surface area contributed by atoms with Crippen LogP contribution in [0.1, 0.15) is 47.8 Å². The minimum Gasteiger partial charge on any atom is -0.391 e. The van der Waals surface area contributed by atoms with Gasteiger partial charge >= 0.3 is 0 Å². The number of nitrogens with zero attached hydrogens (tertiary/aromatic N) is 1. The van der Waals surface area contributed by atoms with Gasteiger partial charge in [-0.15, -0.1) is 0 Å². The van der Waals surface area contributed by atoms with Gasteiger partial charge in [0.1, 0.15) is 5.69 Å². The van der Waals surface area contributed by atoms with Crippen molar-refractivity contribution < 1.29 is 9.90 Å². The van der Waals surface area contributed by atoms with Crippen LogP contribution in [-0.4, -0.2) is 39.6 Å². The molecule has 22 heavy (non-hydrogen) atoms. The molecule has 118 valence electrons. The lowest BCUT2D eigenvalue weighted by Crippen LogP contribution is -2.49. The van der Waals surface area contributed by atoms with Crippen LogP contribution in [0.15, 0.2) is 18.2 Å². The molecular weight excluding hydrogens is 276 g/mol. The number of amides is 1. The number of piperidine rings is 1. The summed E-state index contributed by atoms with van der Waals surface area (Å²) in [6.07, 6.45) is 2.47. The summed E-state index contributed by atoms with van der Waals surface area (Å²) in [4.78, 5) is 18.0. The molecule has 0 saturated carbocycles. The lowest BCUT2D eigenvalue weighted by atomic mass is 9.97.